The van der Waals surface area contributed by atoms with Gasteiger partial charge in [0, 0.05) is 17.1 Å². The van der Waals surface area contributed by atoms with Gasteiger partial charge in [-0.3, -0.25) is 9.59 Å². The second-order valence-electron chi connectivity index (χ2n) is 5.97. The molecule has 0 fully saturated rings. The fourth-order valence-corrected chi connectivity index (χ4v) is 2.82. The molecule has 8 nitrogen and oxygen atoms in total. The average molecular weight is 384 g/mol. The summed E-state index contributed by atoms with van der Waals surface area (Å²) < 4.78 is 21.4. The first-order valence-corrected chi connectivity index (χ1v) is 8.40. The molecule has 0 saturated heterocycles. The van der Waals surface area contributed by atoms with E-state index in [2.05, 4.69) is 5.32 Å². The lowest BCUT2D eigenvalue weighted by Gasteiger charge is -2.12. The minimum Gasteiger partial charge on any atom is -0.497 e. The van der Waals surface area contributed by atoms with Gasteiger partial charge in [-0.2, -0.15) is 0 Å². The molecule has 0 aliphatic heterocycles. The number of amides is 2. The summed E-state index contributed by atoms with van der Waals surface area (Å²) in [5, 5.41) is 3.45. The zero-order chi connectivity index (χ0) is 20.3. The number of benzene rings is 2. The predicted octanol–water partition coefficient (Wildman–Crippen LogP) is 2.87. The summed E-state index contributed by atoms with van der Waals surface area (Å²) in [6.45, 7) is 1.41. The molecule has 2 amide bonds. The van der Waals surface area contributed by atoms with E-state index in [4.69, 9.17) is 24.4 Å². The molecule has 0 bridgehead atoms. The fraction of sp³-hybridized carbons (Fsp3) is 0.200. The van der Waals surface area contributed by atoms with Crippen LogP contribution in [0.25, 0.3) is 11.0 Å². The van der Waals surface area contributed by atoms with Crippen LogP contribution in [0.5, 0.6) is 17.2 Å². The van der Waals surface area contributed by atoms with Crippen molar-refractivity contribution in [1.29, 1.82) is 0 Å². The molecule has 0 saturated carbocycles. The molecule has 0 aliphatic rings. The highest BCUT2D eigenvalue weighted by Crippen LogP contribution is 2.32. The normalized spacial score (nSPS) is 10.5. The maximum Gasteiger partial charge on any atom is 0.259 e. The maximum atomic E-state index is 12.9. The van der Waals surface area contributed by atoms with Crippen LogP contribution in [0.4, 0.5) is 5.69 Å². The number of primary amides is 1. The van der Waals surface area contributed by atoms with Crippen LogP contribution in [-0.2, 0) is 4.79 Å². The number of fused-ring (bicyclic) bond motifs is 1. The third-order valence-electron chi connectivity index (χ3n) is 4.09. The minimum atomic E-state index is -0.620. The number of anilines is 1. The molecule has 28 heavy (non-hydrogen) atoms. The Kier molecular flexibility index (Phi) is 5.39. The molecule has 0 spiro atoms. The highest BCUT2D eigenvalue weighted by Gasteiger charge is 2.19. The van der Waals surface area contributed by atoms with Gasteiger partial charge in [0.05, 0.1) is 19.8 Å². The first-order chi connectivity index (χ1) is 13.4. The van der Waals surface area contributed by atoms with E-state index >= 15 is 0 Å². The summed E-state index contributed by atoms with van der Waals surface area (Å²) in [6, 6.07) is 10.1. The lowest BCUT2D eigenvalue weighted by Crippen LogP contribution is -2.20. The number of carbonyl (C=O) groups is 2. The molecule has 146 valence electrons. The predicted molar refractivity (Wildman–Crippen MR) is 103 cm³/mol. The zero-order valence-electron chi connectivity index (χ0n) is 15.7. The SMILES string of the molecule is COc1ccc2oc(C)c(C(=O)Nc3ccc(OC)c(OCC(N)=O)c3)c2c1. The number of furan rings is 1. The lowest BCUT2D eigenvalue weighted by molar-refractivity contribution is -0.119. The van der Waals surface area contributed by atoms with Crippen LogP contribution in [0.3, 0.4) is 0 Å². The molecular weight excluding hydrogens is 364 g/mol. The van der Waals surface area contributed by atoms with Gasteiger partial charge in [0.25, 0.3) is 11.8 Å². The molecule has 0 radical (unpaired) electrons. The monoisotopic (exact) mass is 384 g/mol. The van der Waals surface area contributed by atoms with Gasteiger partial charge in [-0.25, -0.2) is 0 Å². The third kappa shape index (κ3) is 3.85. The van der Waals surface area contributed by atoms with E-state index in [0.29, 0.717) is 39.5 Å². The van der Waals surface area contributed by atoms with Crippen molar-refractivity contribution in [1.82, 2.24) is 0 Å². The van der Waals surface area contributed by atoms with Crippen molar-refractivity contribution in [3.63, 3.8) is 0 Å². The van der Waals surface area contributed by atoms with Crippen molar-refractivity contribution in [3.8, 4) is 17.2 Å². The molecule has 3 aromatic rings. The summed E-state index contributed by atoms with van der Waals surface area (Å²) in [5.74, 6) is 0.832. The number of nitrogens with two attached hydrogens (primary N) is 1. The number of aryl methyl sites for hydroxylation is 1. The second-order valence-corrected chi connectivity index (χ2v) is 5.97. The van der Waals surface area contributed by atoms with Crippen LogP contribution in [0.2, 0.25) is 0 Å². The maximum absolute atomic E-state index is 12.9. The van der Waals surface area contributed by atoms with Crippen LogP contribution in [-0.4, -0.2) is 32.6 Å². The number of nitrogens with one attached hydrogen (secondary N) is 1. The van der Waals surface area contributed by atoms with Crippen LogP contribution < -0.4 is 25.3 Å². The largest absolute Gasteiger partial charge is 0.497 e. The Balaban J connectivity index is 1.90. The Bertz CT molecular complexity index is 1040. The summed E-state index contributed by atoms with van der Waals surface area (Å²) in [6.07, 6.45) is 0. The van der Waals surface area contributed by atoms with Crippen molar-refractivity contribution in [2.45, 2.75) is 6.92 Å². The number of ether oxygens (including phenoxy) is 3. The van der Waals surface area contributed by atoms with Gasteiger partial charge in [0.1, 0.15) is 17.1 Å². The van der Waals surface area contributed by atoms with Crippen LogP contribution >= 0.6 is 0 Å². The van der Waals surface area contributed by atoms with E-state index in [1.165, 1.54) is 7.11 Å². The standard InChI is InChI=1S/C20H20N2O6/c1-11-19(14-9-13(25-2)5-7-15(14)28-11)20(24)22-12-4-6-16(26-3)17(8-12)27-10-18(21)23/h4-9H,10H2,1-3H3,(H2,21,23)(H,22,24). The van der Waals surface area contributed by atoms with E-state index in [1.807, 2.05) is 0 Å². The van der Waals surface area contributed by atoms with Crippen molar-refractivity contribution in [2.24, 2.45) is 5.73 Å². The number of hydrogen-bond acceptors (Lipinski definition) is 6. The van der Waals surface area contributed by atoms with Gasteiger partial charge in [-0.1, -0.05) is 0 Å². The topological polar surface area (TPSA) is 113 Å². The molecule has 1 heterocycles. The van der Waals surface area contributed by atoms with E-state index in [0.717, 1.165) is 0 Å². The highest BCUT2D eigenvalue weighted by molar-refractivity contribution is 6.13. The van der Waals surface area contributed by atoms with Gasteiger partial charge in [0.2, 0.25) is 0 Å². The van der Waals surface area contributed by atoms with E-state index in [9.17, 15) is 9.59 Å². The Morgan fingerprint density at radius 3 is 2.54 bits per heavy atom. The number of carbonyl (C=O) groups excluding carboxylic acids is 2. The van der Waals surface area contributed by atoms with Crippen molar-refractivity contribution in [3.05, 3.63) is 47.7 Å². The zero-order valence-corrected chi connectivity index (χ0v) is 15.7. The second kappa shape index (κ2) is 7.91. The Morgan fingerprint density at radius 2 is 1.86 bits per heavy atom. The van der Waals surface area contributed by atoms with Gasteiger partial charge in [0.15, 0.2) is 18.1 Å². The summed E-state index contributed by atoms with van der Waals surface area (Å²) in [5.41, 5.74) is 6.57. The summed E-state index contributed by atoms with van der Waals surface area (Å²) in [7, 11) is 3.03. The van der Waals surface area contributed by atoms with Gasteiger partial charge in [-0.05, 0) is 37.3 Å². The molecule has 8 heteroatoms. The van der Waals surface area contributed by atoms with Crippen molar-refractivity contribution >= 4 is 28.5 Å². The van der Waals surface area contributed by atoms with Gasteiger partial charge < -0.3 is 29.7 Å². The Morgan fingerprint density at radius 1 is 1.07 bits per heavy atom. The molecule has 3 rings (SSSR count). The third-order valence-corrected chi connectivity index (χ3v) is 4.09. The first-order valence-electron chi connectivity index (χ1n) is 8.40. The molecule has 0 unspecified atom stereocenters. The van der Waals surface area contributed by atoms with Gasteiger partial charge >= 0.3 is 0 Å². The smallest absolute Gasteiger partial charge is 0.259 e. The van der Waals surface area contributed by atoms with E-state index in [-0.39, 0.29) is 18.3 Å². The molecule has 0 aliphatic carbocycles. The quantitative estimate of drug-likeness (QED) is 0.648. The van der Waals surface area contributed by atoms with Gasteiger partial charge in [-0.15, -0.1) is 0 Å². The lowest BCUT2D eigenvalue weighted by atomic mass is 10.1. The van der Waals surface area contributed by atoms with Crippen LogP contribution in [0, 0.1) is 6.92 Å². The van der Waals surface area contributed by atoms with E-state index < -0.39 is 5.91 Å². The number of rotatable bonds is 7. The highest BCUT2D eigenvalue weighted by atomic mass is 16.5. The first kappa shape index (κ1) is 19.1. The number of methoxy groups -OCH3 is 2. The van der Waals surface area contributed by atoms with Crippen molar-refractivity contribution in [2.75, 3.05) is 26.1 Å². The summed E-state index contributed by atoms with van der Waals surface area (Å²) in [4.78, 5) is 23.9. The molecule has 1 aromatic heterocycles. The molecule has 2 aromatic carbocycles. The van der Waals surface area contributed by atoms with Crippen molar-refractivity contribution < 1.29 is 28.2 Å². The Labute approximate surface area is 161 Å². The van der Waals surface area contributed by atoms with E-state index in [1.54, 1.807) is 50.4 Å². The minimum absolute atomic E-state index is 0.287. The fourth-order valence-electron chi connectivity index (χ4n) is 2.82. The molecule has 3 N–H and O–H groups in total. The molecule has 0 atom stereocenters. The van der Waals surface area contributed by atoms with Crippen LogP contribution in [0.1, 0.15) is 16.1 Å². The number of hydrogen-bond donors (Lipinski definition) is 2. The summed E-state index contributed by atoms with van der Waals surface area (Å²) >= 11 is 0. The molecular formula is C20H20N2O6. The Hall–Kier alpha value is -3.68. The van der Waals surface area contributed by atoms with Crippen LogP contribution in [0.15, 0.2) is 40.8 Å². The average Bonchev–Trinajstić information content (AvgIpc) is 3.01.